The van der Waals surface area contributed by atoms with E-state index in [1.165, 1.54) is 0 Å². The molecule has 17 heavy (non-hydrogen) atoms. The van der Waals surface area contributed by atoms with Gasteiger partial charge in [0.2, 0.25) is 0 Å². The molecule has 5 heteroatoms. The Morgan fingerprint density at radius 1 is 1.12 bits per heavy atom. The minimum Gasteiger partial charge on any atom is -0.481 e. The van der Waals surface area contributed by atoms with E-state index in [1.807, 2.05) is 13.8 Å². The van der Waals surface area contributed by atoms with Gasteiger partial charge in [0.25, 0.3) is 5.91 Å². The van der Waals surface area contributed by atoms with Gasteiger partial charge < -0.3 is 15.1 Å². The summed E-state index contributed by atoms with van der Waals surface area (Å²) in [5.74, 6) is -1.62. The highest BCUT2D eigenvalue weighted by Gasteiger charge is 2.23. The molecule has 1 amide bonds. The Morgan fingerprint density at radius 2 is 1.59 bits per heavy atom. The second kappa shape index (κ2) is 8.98. The van der Waals surface area contributed by atoms with E-state index >= 15 is 0 Å². The van der Waals surface area contributed by atoms with Crippen LogP contribution in [0.3, 0.4) is 0 Å². The van der Waals surface area contributed by atoms with Crippen LogP contribution in [0.4, 0.5) is 0 Å². The Kier molecular flexibility index (Phi) is 8.40. The number of aliphatic carboxylic acids is 1. The first-order chi connectivity index (χ1) is 8.02. The van der Waals surface area contributed by atoms with Crippen molar-refractivity contribution < 1.29 is 19.8 Å². The van der Waals surface area contributed by atoms with Crippen molar-refractivity contribution in [2.75, 3.05) is 13.1 Å². The molecule has 0 aromatic carbocycles. The third-order valence-corrected chi connectivity index (χ3v) is 2.53. The van der Waals surface area contributed by atoms with Gasteiger partial charge in [-0.25, -0.2) is 0 Å². The first-order valence-electron chi connectivity index (χ1n) is 6.21. The van der Waals surface area contributed by atoms with Gasteiger partial charge in [-0.05, 0) is 12.8 Å². The predicted molar refractivity (Wildman–Crippen MR) is 64.7 cm³/mol. The van der Waals surface area contributed by atoms with Crippen LogP contribution in [0.1, 0.15) is 46.0 Å². The number of hydrogen-bond acceptors (Lipinski definition) is 3. The number of hydrogen-bond donors (Lipinski definition) is 2. The number of aliphatic hydroxyl groups excluding tert-OH is 1. The Hall–Kier alpha value is -1.10. The van der Waals surface area contributed by atoms with Crippen molar-refractivity contribution in [2.45, 2.75) is 52.1 Å². The molecule has 0 aliphatic heterocycles. The molecule has 0 radical (unpaired) electrons. The summed E-state index contributed by atoms with van der Waals surface area (Å²) >= 11 is 0. The molecule has 0 heterocycles. The summed E-state index contributed by atoms with van der Waals surface area (Å²) in [5, 5.41) is 18.0. The first-order valence-corrected chi connectivity index (χ1v) is 6.21. The monoisotopic (exact) mass is 245 g/mol. The summed E-state index contributed by atoms with van der Waals surface area (Å²) < 4.78 is 0. The predicted octanol–water partition coefficient (Wildman–Crippen LogP) is 1.25. The van der Waals surface area contributed by atoms with E-state index in [-0.39, 0.29) is 0 Å². The number of carbonyl (C=O) groups excluding carboxylic acids is 1. The van der Waals surface area contributed by atoms with Crippen LogP contribution in [-0.4, -0.2) is 46.2 Å². The maximum Gasteiger partial charge on any atom is 0.306 e. The van der Waals surface area contributed by atoms with E-state index in [4.69, 9.17) is 5.11 Å². The summed E-state index contributed by atoms with van der Waals surface area (Å²) in [5.41, 5.74) is 0. The van der Waals surface area contributed by atoms with Crippen molar-refractivity contribution in [1.82, 2.24) is 4.90 Å². The van der Waals surface area contributed by atoms with Crippen molar-refractivity contribution in [2.24, 2.45) is 0 Å². The molecule has 2 N–H and O–H groups in total. The molecule has 0 fully saturated rings. The fraction of sp³-hybridized carbons (Fsp3) is 0.833. The van der Waals surface area contributed by atoms with Crippen LogP contribution < -0.4 is 0 Å². The normalized spacial score (nSPS) is 12.2. The number of unbranched alkanes of at least 4 members (excludes halogenated alkanes) is 2. The highest BCUT2D eigenvalue weighted by Crippen LogP contribution is 2.05. The Labute approximate surface area is 102 Å². The molecule has 1 atom stereocenters. The van der Waals surface area contributed by atoms with Gasteiger partial charge in [-0.15, -0.1) is 0 Å². The van der Waals surface area contributed by atoms with Crippen LogP contribution in [0.5, 0.6) is 0 Å². The molecule has 0 rings (SSSR count). The highest BCUT2D eigenvalue weighted by atomic mass is 16.4. The molecule has 0 aliphatic carbocycles. The lowest BCUT2D eigenvalue weighted by Gasteiger charge is -2.24. The standard InChI is InChI=1S/C12H23NO4/c1-3-5-7-13(8-6-4-2)12(17)10(14)9-11(15)16/h10,14H,3-9H2,1-2H3,(H,15,16). The fourth-order valence-electron chi connectivity index (χ4n) is 1.49. The number of amides is 1. The Morgan fingerprint density at radius 3 is 1.94 bits per heavy atom. The molecule has 0 aromatic rings. The molecule has 1 unspecified atom stereocenters. The topological polar surface area (TPSA) is 77.8 Å². The van der Waals surface area contributed by atoms with Crippen molar-refractivity contribution in [3.8, 4) is 0 Å². The summed E-state index contributed by atoms with van der Waals surface area (Å²) in [6.45, 7) is 5.23. The molecule has 0 aromatic heterocycles. The lowest BCUT2D eigenvalue weighted by Crippen LogP contribution is -2.41. The minimum atomic E-state index is -1.42. The summed E-state index contributed by atoms with van der Waals surface area (Å²) in [6, 6.07) is 0. The molecule has 0 bridgehead atoms. The fourth-order valence-corrected chi connectivity index (χ4v) is 1.49. The first kappa shape index (κ1) is 15.9. The SMILES string of the molecule is CCCCN(CCCC)C(=O)C(O)CC(=O)O. The summed E-state index contributed by atoms with van der Waals surface area (Å²) in [4.78, 5) is 23.8. The lowest BCUT2D eigenvalue weighted by molar-refractivity contribution is -0.148. The van der Waals surface area contributed by atoms with E-state index in [1.54, 1.807) is 4.90 Å². The Balaban J connectivity index is 4.32. The third kappa shape index (κ3) is 6.94. The zero-order valence-corrected chi connectivity index (χ0v) is 10.7. The van der Waals surface area contributed by atoms with E-state index in [0.29, 0.717) is 13.1 Å². The zero-order valence-electron chi connectivity index (χ0n) is 10.7. The van der Waals surface area contributed by atoms with Crippen LogP contribution in [0.2, 0.25) is 0 Å². The molecule has 0 saturated carbocycles. The maximum atomic E-state index is 11.8. The number of nitrogens with zero attached hydrogens (tertiary/aromatic N) is 1. The van der Waals surface area contributed by atoms with Crippen molar-refractivity contribution in [3.63, 3.8) is 0 Å². The number of carboxylic acid groups (broad SMARTS) is 1. The van der Waals surface area contributed by atoms with Crippen LogP contribution in [0.15, 0.2) is 0 Å². The lowest BCUT2D eigenvalue weighted by atomic mass is 10.2. The van der Waals surface area contributed by atoms with Gasteiger partial charge in [-0.1, -0.05) is 26.7 Å². The second-order valence-corrected chi connectivity index (χ2v) is 4.15. The summed E-state index contributed by atoms with van der Waals surface area (Å²) in [7, 11) is 0. The largest absolute Gasteiger partial charge is 0.481 e. The van der Waals surface area contributed by atoms with Crippen LogP contribution >= 0.6 is 0 Å². The average Bonchev–Trinajstić information content (AvgIpc) is 2.27. The highest BCUT2D eigenvalue weighted by molar-refractivity contribution is 5.85. The van der Waals surface area contributed by atoms with Gasteiger partial charge in [0, 0.05) is 13.1 Å². The molecule has 0 saturated heterocycles. The Bertz CT molecular complexity index is 235. The molecular formula is C12H23NO4. The van der Waals surface area contributed by atoms with Gasteiger partial charge in [0.1, 0.15) is 6.10 Å². The molecular weight excluding hydrogens is 222 g/mol. The average molecular weight is 245 g/mol. The number of carboxylic acids is 1. The number of rotatable bonds is 9. The van der Waals surface area contributed by atoms with E-state index in [9.17, 15) is 14.7 Å². The van der Waals surface area contributed by atoms with Gasteiger partial charge >= 0.3 is 5.97 Å². The quantitative estimate of drug-likeness (QED) is 0.641. The van der Waals surface area contributed by atoms with Crippen LogP contribution in [-0.2, 0) is 9.59 Å². The molecule has 0 spiro atoms. The van der Waals surface area contributed by atoms with Crippen LogP contribution in [0, 0.1) is 0 Å². The summed E-state index contributed by atoms with van der Waals surface area (Å²) in [6.07, 6.45) is 1.73. The van der Waals surface area contributed by atoms with Crippen molar-refractivity contribution in [3.05, 3.63) is 0 Å². The maximum absolute atomic E-state index is 11.8. The number of carbonyl (C=O) groups is 2. The van der Waals surface area contributed by atoms with E-state index in [2.05, 4.69) is 0 Å². The van der Waals surface area contributed by atoms with Gasteiger partial charge in [-0.2, -0.15) is 0 Å². The molecule has 5 nitrogen and oxygen atoms in total. The van der Waals surface area contributed by atoms with Gasteiger partial charge in [0.05, 0.1) is 6.42 Å². The van der Waals surface area contributed by atoms with Gasteiger partial charge in [0.15, 0.2) is 0 Å². The smallest absolute Gasteiger partial charge is 0.306 e. The molecule has 0 aliphatic rings. The zero-order chi connectivity index (χ0) is 13.3. The van der Waals surface area contributed by atoms with Crippen LogP contribution in [0.25, 0.3) is 0 Å². The minimum absolute atomic E-state index is 0.464. The van der Waals surface area contributed by atoms with Gasteiger partial charge in [-0.3, -0.25) is 9.59 Å². The third-order valence-electron chi connectivity index (χ3n) is 2.53. The van der Waals surface area contributed by atoms with E-state index < -0.39 is 24.4 Å². The molecule has 100 valence electrons. The number of aliphatic hydroxyl groups is 1. The van der Waals surface area contributed by atoms with Crippen molar-refractivity contribution >= 4 is 11.9 Å². The van der Waals surface area contributed by atoms with E-state index in [0.717, 1.165) is 25.7 Å². The second-order valence-electron chi connectivity index (χ2n) is 4.15. The van der Waals surface area contributed by atoms with Crippen molar-refractivity contribution in [1.29, 1.82) is 0 Å².